The third-order valence-corrected chi connectivity index (χ3v) is 3.40. The molecule has 24 heavy (non-hydrogen) atoms. The summed E-state index contributed by atoms with van der Waals surface area (Å²) in [6, 6.07) is 0. The van der Waals surface area contributed by atoms with Gasteiger partial charge in [0.15, 0.2) is 6.29 Å². The Bertz CT molecular complexity index is 718. The summed E-state index contributed by atoms with van der Waals surface area (Å²) in [7, 11) is 0. The highest BCUT2D eigenvalue weighted by atomic mass is 16.3. The average Bonchev–Trinajstić information content (AvgIpc) is 2.59. The molecule has 0 bridgehead atoms. The molecule has 0 atom stereocenters. The van der Waals surface area contributed by atoms with Crippen LogP contribution in [-0.4, -0.2) is 41.8 Å². The van der Waals surface area contributed by atoms with Crippen LogP contribution in [0, 0.1) is 13.8 Å². The van der Waals surface area contributed by atoms with Gasteiger partial charge in [0.2, 0.25) is 0 Å². The molecule has 5 N–H and O–H groups in total. The molecule has 8 heteroatoms. The molecule has 2 rings (SSSR count). The van der Waals surface area contributed by atoms with E-state index in [4.69, 9.17) is 15.3 Å². The molecule has 0 saturated heterocycles. The minimum atomic E-state index is -0.297. The van der Waals surface area contributed by atoms with Crippen molar-refractivity contribution in [3.8, 4) is 11.5 Å². The highest BCUT2D eigenvalue weighted by molar-refractivity contribution is 5.81. The Balaban J connectivity index is 0.000000240. The van der Waals surface area contributed by atoms with E-state index in [0.717, 1.165) is 0 Å². The first-order chi connectivity index (χ1) is 11.4. The molecule has 0 aromatic carbocycles. The Morgan fingerprint density at radius 2 is 1.38 bits per heavy atom. The predicted molar refractivity (Wildman–Crippen MR) is 84.4 cm³/mol. The topological polar surface area (TPSA) is 144 Å². The quantitative estimate of drug-likeness (QED) is 0.507. The molecular weight excluding hydrogens is 316 g/mol. The fraction of sp³-hybridized carbons (Fsp3) is 0.312. The summed E-state index contributed by atoms with van der Waals surface area (Å²) in [5.41, 5.74) is 2.11. The molecule has 0 saturated carbocycles. The number of pyridine rings is 2. The van der Waals surface area contributed by atoms with Gasteiger partial charge in [0.1, 0.15) is 11.5 Å². The third kappa shape index (κ3) is 4.25. The molecule has 0 unspecified atom stereocenters. The number of aryl methyl sites for hydroxylation is 2. The summed E-state index contributed by atoms with van der Waals surface area (Å²) in [5.74, 6) is -0.194. The lowest BCUT2D eigenvalue weighted by atomic mass is 10.1. The smallest absolute Gasteiger partial charge is 0.154 e. The van der Waals surface area contributed by atoms with Gasteiger partial charge in [-0.25, -0.2) is 0 Å². The summed E-state index contributed by atoms with van der Waals surface area (Å²) in [4.78, 5) is 18.1. The second-order valence-corrected chi connectivity index (χ2v) is 4.92. The maximum absolute atomic E-state index is 10.5. The van der Waals surface area contributed by atoms with Gasteiger partial charge in [-0.3, -0.25) is 14.8 Å². The van der Waals surface area contributed by atoms with Crippen molar-refractivity contribution in [2.45, 2.75) is 33.7 Å². The van der Waals surface area contributed by atoms with E-state index in [1.165, 1.54) is 12.4 Å². The second kappa shape index (κ2) is 8.92. The van der Waals surface area contributed by atoms with Crippen LogP contribution >= 0.6 is 0 Å². The summed E-state index contributed by atoms with van der Waals surface area (Å²) < 4.78 is 0. The van der Waals surface area contributed by atoms with Gasteiger partial charge in [0.25, 0.3) is 0 Å². The van der Waals surface area contributed by atoms with Crippen molar-refractivity contribution in [1.29, 1.82) is 0 Å². The Morgan fingerprint density at radius 1 is 0.875 bits per heavy atom. The zero-order chi connectivity index (χ0) is 18.3. The van der Waals surface area contributed by atoms with Gasteiger partial charge in [0, 0.05) is 29.1 Å². The fourth-order valence-corrected chi connectivity index (χ4v) is 1.91. The van der Waals surface area contributed by atoms with Crippen LogP contribution in [0.2, 0.25) is 0 Å². The van der Waals surface area contributed by atoms with Crippen molar-refractivity contribution in [2.75, 3.05) is 0 Å². The van der Waals surface area contributed by atoms with Gasteiger partial charge in [-0.15, -0.1) is 0 Å². The molecule has 2 aromatic heterocycles. The van der Waals surface area contributed by atoms with Crippen molar-refractivity contribution in [2.24, 2.45) is 0 Å². The van der Waals surface area contributed by atoms with Gasteiger partial charge in [-0.2, -0.15) is 0 Å². The second-order valence-electron chi connectivity index (χ2n) is 4.92. The number of hydrogen-bond acceptors (Lipinski definition) is 8. The van der Waals surface area contributed by atoms with Gasteiger partial charge in [0.05, 0.1) is 36.8 Å². The molecule has 2 aromatic rings. The summed E-state index contributed by atoms with van der Waals surface area (Å²) in [6.45, 7) is 2.41. The molecule has 0 radical (unpaired) electrons. The zero-order valence-corrected chi connectivity index (χ0v) is 13.4. The normalized spacial score (nSPS) is 10.0. The number of aldehydes is 1. The van der Waals surface area contributed by atoms with Crippen LogP contribution in [0.1, 0.15) is 38.4 Å². The van der Waals surface area contributed by atoms with E-state index in [1.54, 1.807) is 13.8 Å². The number of carbonyl (C=O) groups is 1. The SMILES string of the molecule is Cc1ncc(CO)c(C=O)c1O.Cc1ncc(CO)c(CO)c1O. The number of aliphatic hydroxyl groups excluding tert-OH is 3. The van der Waals surface area contributed by atoms with Gasteiger partial charge in [-0.1, -0.05) is 0 Å². The molecule has 0 spiro atoms. The lowest BCUT2D eigenvalue weighted by Crippen LogP contribution is -1.98. The molecule has 0 aliphatic heterocycles. The van der Waals surface area contributed by atoms with Gasteiger partial charge in [-0.05, 0) is 13.8 Å². The Morgan fingerprint density at radius 3 is 1.83 bits per heavy atom. The van der Waals surface area contributed by atoms with Crippen molar-refractivity contribution in [1.82, 2.24) is 9.97 Å². The number of nitrogens with zero attached hydrogens (tertiary/aromatic N) is 2. The van der Waals surface area contributed by atoms with Crippen LogP contribution in [0.5, 0.6) is 11.5 Å². The molecule has 0 fully saturated rings. The first kappa shape index (κ1) is 19.5. The molecular formula is C16H20N2O6. The maximum atomic E-state index is 10.5. The molecule has 0 aliphatic carbocycles. The monoisotopic (exact) mass is 336 g/mol. The van der Waals surface area contributed by atoms with E-state index >= 15 is 0 Å². The van der Waals surface area contributed by atoms with Crippen molar-refractivity contribution >= 4 is 6.29 Å². The predicted octanol–water partition coefficient (Wildman–Crippen LogP) is 0.481. The molecule has 0 aliphatic rings. The Kier molecular flexibility index (Phi) is 7.25. The Hall–Kier alpha value is -2.55. The largest absolute Gasteiger partial charge is 0.506 e. The van der Waals surface area contributed by atoms with E-state index in [9.17, 15) is 15.0 Å². The first-order valence-electron chi connectivity index (χ1n) is 7.02. The lowest BCUT2D eigenvalue weighted by molar-refractivity contribution is 0.111. The molecule has 0 amide bonds. The van der Waals surface area contributed by atoms with Crippen LogP contribution in [0.3, 0.4) is 0 Å². The van der Waals surface area contributed by atoms with E-state index in [-0.39, 0.29) is 36.9 Å². The molecule has 130 valence electrons. The molecule has 2 heterocycles. The Labute approximate surface area is 138 Å². The van der Waals surface area contributed by atoms with Crippen LogP contribution in [0.15, 0.2) is 12.4 Å². The highest BCUT2D eigenvalue weighted by Crippen LogP contribution is 2.23. The number of aliphatic hydroxyl groups is 3. The highest BCUT2D eigenvalue weighted by Gasteiger charge is 2.10. The van der Waals surface area contributed by atoms with Gasteiger partial charge >= 0.3 is 0 Å². The minimum absolute atomic E-state index is 0.0379. The number of rotatable bonds is 4. The van der Waals surface area contributed by atoms with E-state index < -0.39 is 0 Å². The molecule has 8 nitrogen and oxygen atoms in total. The zero-order valence-electron chi connectivity index (χ0n) is 13.4. The maximum Gasteiger partial charge on any atom is 0.154 e. The third-order valence-electron chi connectivity index (χ3n) is 3.40. The first-order valence-corrected chi connectivity index (χ1v) is 7.02. The average molecular weight is 336 g/mol. The minimum Gasteiger partial charge on any atom is -0.506 e. The number of aromatic nitrogens is 2. The number of carbonyl (C=O) groups excluding carboxylic acids is 1. The number of hydrogen-bond donors (Lipinski definition) is 5. The lowest BCUT2D eigenvalue weighted by Gasteiger charge is -2.07. The van der Waals surface area contributed by atoms with Crippen LogP contribution in [0.4, 0.5) is 0 Å². The van der Waals surface area contributed by atoms with E-state index in [0.29, 0.717) is 34.4 Å². The van der Waals surface area contributed by atoms with Crippen molar-refractivity contribution < 1.29 is 30.3 Å². The number of aromatic hydroxyl groups is 2. The van der Waals surface area contributed by atoms with Crippen LogP contribution < -0.4 is 0 Å². The van der Waals surface area contributed by atoms with Crippen molar-refractivity contribution in [3.63, 3.8) is 0 Å². The van der Waals surface area contributed by atoms with Crippen LogP contribution in [-0.2, 0) is 19.8 Å². The van der Waals surface area contributed by atoms with Gasteiger partial charge < -0.3 is 25.5 Å². The van der Waals surface area contributed by atoms with Crippen molar-refractivity contribution in [3.05, 3.63) is 46.0 Å². The standard InChI is InChI=1S/C8H11NO3.C8H9NO3/c2*1-5-8(12)7(4-11)6(3-10)2-9-5/h2,10-12H,3-4H2,1H3;2,4,10,12H,3H2,1H3. The van der Waals surface area contributed by atoms with E-state index in [2.05, 4.69) is 9.97 Å². The van der Waals surface area contributed by atoms with Crippen LogP contribution in [0.25, 0.3) is 0 Å². The van der Waals surface area contributed by atoms with E-state index in [1.807, 2.05) is 0 Å². The fourth-order valence-electron chi connectivity index (χ4n) is 1.91. The summed E-state index contributed by atoms with van der Waals surface area (Å²) in [5, 5.41) is 45.1. The summed E-state index contributed by atoms with van der Waals surface area (Å²) in [6.07, 6.45) is 3.33. The summed E-state index contributed by atoms with van der Waals surface area (Å²) >= 11 is 0.